The van der Waals surface area contributed by atoms with Gasteiger partial charge in [-0.05, 0) is 18.2 Å². The van der Waals surface area contributed by atoms with Crippen LogP contribution in [0.5, 0.6) is 0 Å². The minimum absolute atomic E-state index is 0.0734. The zero-order valence-corrected chi connectivity index (χ0v) is 9.93. The van der Waals surface area contributed by atoms with E-state index in [2.05, 4.69) is 10.3 Å². The summed E-state index contributed by atoms with van der Waals surface area (Å²) in [6.07, 6.45) is 0. The van der Waals surface area contributed by atoms with Gasteiger partial charge >= 0.3 is 0 Å². The number of hydrogen-bond acceptors (Lipinski definition) is 3. The Labute approximate surface area is 109 Å². The van der Waals surface area contributed by atoms with E-state index in [-0.39, 0.29) is 23.7 Å². The Kier molecular flexibility index (Phi) is 3.84. The summed E-state index contributed by atoms with van der Waals surface area (Å²) in [5.41, 5.74) is 0.696. The Balaban J connectivity index is 2.06. The van der Waals surface area contributed by atoms with E-state index in [1.165, 1.54) is 18.2 Å². The molecule has 2 aromatic rings. The number of aromatic nitrogens is 1. The largest absolute Gasteiger partial charge is 0.347 e. The van der Waals surface area contributed by atoms with Gasteiger partial charge in [-0.3, -0.25) is 4.79 Å². The zero-order chi connectivity index (χ0) is 13.7. The van der Waals surface area contributed by atoms with Gasteiger partial charge in [0.2, 0.25) is 0 Å². The van der Waals surface area contributed by atoms with Gasteiger partial charge in [0.1, 0.15) is 23.3 Å². The molecule has 0 fully saturated rings. The molecule has 0 unspecified atom stereocenters. The number of amides is 1. The van der Waals surface area contributed by atoms with Gasteiger partial charge in [-0.1, -0.05) is 24.3 Å². The maximum absolute atomic E-state index is 13.4. The summed E-state index contributed by atoms with van der Waals surface area (Å²) in [6, 6.07) is 12.6. The molecule has 1 heterocycles. The SMILES string of the molecule is N#Cc1cccc(C(=O)NCc2ccccc2F)n1. The van der Waals surface area contributed by atoms with E-state index in [0.717, 1.165) is 0 Å². The molecule has 0 bridgehead atoms. The fourth-order valence-electron chi connectivity index (χ4n) is 1.53. The van der Waals surface area contributed by atoms with Crippen LogP contribution < -0.4 is 5.32 Å². The number of rotatable bonds is 3. The van der Waals surface area contributed by atoms with Gasteiger partial charge in [0, 0.05) is 12.1 Å². The van der Waals surface area contributed by atoms with E-state index < -0.39 is 5.91 Å². The molecule has 0 radical (unpaired) electrons. The van der Waals surface area contributed by atoms with Crippen molar-refractivity contribution in [3.8, 4) is 6.07 Å². The first kappa shape index (κ1) is 12.7. The average Bonchev–Trinajstić information content (AvgIpc) is 2.46. The molecular formula is C14H10FN3O. The molecule has 1 aromatic heterocycles. The van der Waals surface area contributed by atoms with Crippen molar-refractivity contribution in [3.05, 3.63) is 65.2 Å². The van der Waals surface area contributed by atoms with E-state index >= 15 is 0 Å². The molecule has 0 atom stereocenters. The average molecular weight is 255 g/mol. The molecule has 1 N–H and O–H groups in total. The van der Waals surface area contributed by atoms with Gasteiger partial charge < -0.3 is 5.32 Å². The molecule has 4 nitrogen and oxygen atoms in total. The number of benzene rings is 1. The number of carbonyl (C=O) groups is 1. The summed E-state index contributed by atoms with van der Waals surface area (Å²) >= 11 is 0. The second kappa shape index (κ2) is 5.74. The topological polar surface area (TPSA) is 65.8 Å². The predicted octanol–water partition coefficient (Wildman–Crippen LogP) is 2.02. The summed E-state index contributed by atoms with van der Waals surface area (Å²) in [6.45, 7) is 0.0734. The van der Waals surface area contributed by atoms with Gasteiger partial charge in [0.05, 0.1) is 0 Å². The molecule has 5 heteroatoms. The first-order chi connectivity index (χ1) is 9.20. The van der Waals surface area contributed by atoms with Crippen molar-refractivity contribution in [3.63, 3.8) is 0 Å². The van der Waals surface area contributed by atoms with Crippen LogP contribution in [0, 0.1) is 17.1 Å². The molecule has 0 aliphatic heterocycles. The fraction of sp³-hybridized carbons (Fsp3) is 0.0714. The number of halogens is 1. The lowest BCUT2D eigenvalue weighted by Gasteiger charge is -2.05. The Morgan fingerprint density at radius 1 is 1.26 bits per heavy atom. The number of nitrogens with one attached hydrogen (secondary N) is 1. The summed E-state index contributed by atoms with van der Waals surface area (Å²) in [4.78, 5) is 15.7. The second-order valence-corrected chi connectivity index (χ2v) is 3.79. The van der Waals surface area contributed by atoms with Crippen LogP contribution in [-0.4, -0.2) is 10.9 Å². The van der Waals surface area contributed by atoms with Crippen LogP contribution >= 0.6 is 0 Å². The molecule has 2 rings (SSSR count). The molecule has 0 saturated carbocycles. The Morgan fingerprint density at radius 3 is 2.79 bits per heavy atom. The van der Waals surface area contributed by atoms with E-state index in [1.807, 2.05) is 6.07 Å². The molecule has 1 amide bonds. The molecule has 94 valence electrons. The number of carbonyl (C=O) groups excluding carboxylic acids is 1. The Bertz CT molecular complexity index is 649. The highest BCUT2D eigenvalue weighted by Gasteiger charge is 2.08. The van der Waals surface area contributed by atoms with Gasteiger partial charge in [-0.15, -0.1) is 0 Å². The summed E-state index contributed by atoms with van der Waals surface area (Å²) < 4.78 is 13.4. The van der Waals surface area contributed by atoms with Crippen LogP contribution in [0.15, 0.2) is 42.5 Å². The van der Waals surface area contributed by atoms with Crippen LogP contribution in [0.25, 0.3) is 0 Å². The van der Waals surface area contributed by atoms with Crippen molar-refractivity contribution in [2.75, 3.05) is 0 Å². The van der Waals surface area contributed by atoms with E-state index in [9.17, 15) is 9.18 Å². The van der Waals surface area contributed by atoms with Crippen molar-refractivity contribution < 1.29 is 9.18 Å². The third-order valence-electron chi connectivity index (χ3n) is 2.49. The summed E-state index contributed by atoms with van der Waals surface area (Å²) in [7, 11) is 0. The van der Waals surface area contributed by atoms with E-state index in [1.54, 1.807) is 24.3 Å². The first-order valence-corrected chi connectivity index (χ1v) is 5.59. The molecular weight excluding hydrogens is 245 g/mol. The molecule has 1 aromatic carbocycles. The lowest BCUT2D eigenvalue weighted by Crippen LogP contribution is -2.24. The van der Waals surface area contributed by atoms with Crippen LogP contribution in [0.4, 0.5) is 4.39 Å². The smallest absolute Gasteiger partial charge is 0.270 e. The first-order valence-electron chi connectivity index (χ1n) is 5.59. The van der Waals surface area contributed by atoms with E-state index in [4.69, 9.17) is 5.26 Å². The number of nitriles is 1. The second-order valence-electron chi connectivity index (χ2n) is 3.79. The van der Waals surface area contributed by atoms with Crippen LogP contribution in [0.2, 0.25) is 0 Å². The quantitative estimate of drug-likeness (QED) is 0.912. The van der Waals surface area contributed by atoms with Crippen molar-refractivity contribution >= 4 is 5.91 Å². The maximum Gasteiger partial charge on any atom is 0.270 e. The predicted molar refractivity (Wildman–Crippen MR) is 66.5 cm³/mol. The maximum atomic E-state index is 13.4. The van der Waals surface area contributed by atoms with Crippen molar-refractivity contribution in [2.45, 2.75) is 6.54 Å². The summed E-state index contributed by atoms with van der Waals surface area (Å²) in [5, 5.41) is 11.3. The molecule has 19 heavy (non-hydrogen) atoms. The van der Waals surface area contributed by atoms with Crippen molar-refractivity contribution in [2.24, 2.45) is 0 Å². The van der Waals surface area contributed by atoms with Gasteiger partial charge in [0.25, 0.3) is 5.91 Å². The highest BCUT2D eigenvalue weighted by atomic mass is 19.1. The lowest BCUT2D eigenvalue weighted by atomic mass is 10.2. The molecule has 0 saturated heterocycles. The monoisotopic (exact) mass is 255 g/mol. The van der Waals surface area contributed by atoms with Gasteiger partial charge in [0.15, 0.2) is 0 Å². The Hall–Kier alpha value is -2.74. The zero-order valence-electron chi connectivity index (χ0n) is 9.93. The Morgan fingerprint density at radius 2 is 2.05 bits per heavy atom. The van der Waals surface area contributed by atoms with Gasteiger partial charge in [-0.2, -0.15) is 5.26 Å². The highest BCUT2D eigenvalue weighted by molar-refractivity contribution is 5.92. The minimum atomic E-state index is -0.444. The minimum Gasteiger partial charge on any atom is -0.347 e. The molecule has 0 aliphatic rings. The van der Waals surface area contributed by atoms with Crippen LogP contribution in [0.1, 0.15) is 21.7 Å². The van der Waals surface area contributed by atoms with Crippen molar-refractivity contribution in [1.29, 1.82) is 5.26 Å². The third kappa shape index (κ3) is 3.13. The lowest BCUT2D eigenvalue weighted by molar-refractivity contribution is 0.0945. The number of nitrogens with zero attached hydrogens (tertiary/aromatic N) is 2. The normalized spacial score (nSPS) is 9.68. The number of pyridine rings is 1. The fourth-order valence-corrected chi connectivity index (χ4v) is 1.53. The van der Waals surface area contributed by atoms with Crippen molar-refractivity contribution in [1.82, 2.24) is 10.3 Å². The van der Waals surface area contributed by atoms with Crippen LogP contribution in [-0.2, 0) is 6.54 Å². The molecule has 0 aliphatic carbocycles. The third-order valence-corrected chi connectivity index (χ3v) is 2.49. The van der Waals surface area contributed by atoms with Crippen LogP contribution in [0.3, 0.4) is 0 Å². The number of hydrogen-bond donors (Lipinski definition) is 1. The highest BCUT2D eigenvalue weighted by Crippen LogP contribution is 2.06. The molecule has 0 spiro atoms. The van der Waals surface area contributed by atoms with Gasteiger partial charge in [-0.25, -0.2) is 9.37 Å². The summed E-state index contributed by atoms with van der Waals surface area (Å²) in [5.74, 6) is -0.818. The van der Waals surface area contributed by atoms with E-state index in [0.29, 0.717) is 5.56 Å². The standard InChI is InChI=1S/C14H10FN3O/c15-12-6-2-1-4-10(12)9-17-14(19)13-7-3-5-11(8-16)18-13/h1-7H,9H2,(H,17,19).